The standard InChI is InChI=1S/C33H59FN4O/c1-6-26(4)24-32(8-3)16-20-37(21-17-32)25-33(34)18-22-38(23-19-33)30(27(5)7-2)15-14-29(35)31(39)36-28-12-10-9-11-13-28/h14-15,26-28H,6-13,16-25,35H2,1-5H3,(H,36,39)/b29-14-,30-15+. The minimum absolute atomic E-state index is 0.166. The molecule has 0 aromatic heterocycles. The summed E-state index contributed by atoms with van der Waals surface area (Å²) in [4.78, 5) is 17.4. The number of amides is 1. The van der Waals surface area contributed by atoms with E-state index in [-0.39, 0.29) is 17.6 Å². The van der Waals surface area contributed by atoms with Crippen LogP contribution in [0.1, 0.15) is 118 Å². The fourth-order valence-electron chi connectivity index (χ4n) is 7.05. The minimum atomic E-state index is -1.12. The van der Waals surface area contributed by atoms with E-state index in [4.69, 9.17) is 5.73 Å². The van der Waals surface area contributed by atoms with Crippen molar-refractivity contribution in [3.63, 3.8) is 0 Å². The summed E-state index contributed by atoms with van der Waals surface area (Å²) in [5, 5.41) is 3.11. The Bertz CT molecular complexity index is 818. The average molecular weight is 547 g/mol. The molecular weight excluding hydrogens is 487 g/mol. The number of carbonyl (C=O) groups excluding carboxylic acids is 1. The molecule has 0 aromatic rings. The maximum atomic E-state index is 16.1. The number of nitrogens with two attached hydrogens (primary N) is 1. The van der Waals surface area contributed by atoms with Gasteiger partial charge in [0.2, 0.25) is 0 Å². The number of nitrogens with one attached hydrogen (secondary N) is 1. The van der Waals surface area contributed by atoms with Crippen LogP contribution >= 0.6 is 0 Å². The third-order valence-electron chi connectivity index (χ3n) is 10.4. The van der Waals surface area contributed by atoms with Gasteiger partial charge in [0, 0.05) is 44.2 Å². The number of likely N-dealkylation sites (tertiary alicyclic amines) is 2. The first-order valence-corrected chi connectivity index (χ1v) is 16.3. The van der Waals surface area contributed by atoms with Crippen LogP contribution in [0.5, 0.6) is 0 Å². The normalized spacial score (nSPS) is 24.8. The first-order chi connectivity index (χ1) is 18.6. The maximum Gasteiger partial charge on any atom is 0.267 e. The molecule has 3 fully saturated rings. The number of carbonyl (C=O) groups is 1. The number of hydrogen-bond donors (Lipinski definition) is 2. The SMILES string of the molecule is CCC(C)CC1(CC)CCN(CC2(F)CCN(/C(=C/C=C(\N)C(=O)NC3CCCCC3)C(C)CC)CC2)CC1. The first-order valence-electron chi connectivity index (χ1n) is 16.3. The summed E-state index contributed by atoms with van der Waals surface area (Å²) in [6.07, 6.45) is 17.8. The Balaban J connectivity index is 1.55. The van der Waals surface area contributed by atoms with E-state index in [1.165, 1.54) is 57.1 Å². The molecule has 0 aromatic carbocycles. The lowest BCUT2D eigenvalue weighted by molar-refractivity contribution is -0.118. The maximum absolute atomic E-state index is 16.1. The Morgan fingerprint density at radius 3 is 2.18 bits per heavy atom. The van der Waals surface area contributed by atoms with Crippen molar-refractivity contribution in [1.29, 1.82) is 0 Å². The van der Waals surface area contributed by atoms with Crippen molar-refractivity contribution in [2.75, 3.05) is 32.7 Å². The largest absolute Gasteiger partial charge is 0.394 e. The molecule has 3 rings (SSSR count). The van der Waals surface area contributed by atoms with E-state index < -0.39 is 5.67 Å². The van der Waals surface area contributed by atoms with Crippen molar-refractivity contribution in [1.82, 2.24) is 15.1 Å². The summed E-state index contributed by atoms with van der Waals surface area (Å²) in [6.45, 7) is 15.5. The molecule has 2 atom stereocenters. The van der Waals surface area contributed by atoms with E-state index in [1.807, 2.05) is 6.08 Å². The van der Waals surface area contributed by atoms with Crippen LogP contribution < -0.4 is 11.1 Å². The zero-order chi connectivity index (χ0) is 28.5. The Morgan fingerprint density at radius 2 is 1.62 bits per heavy atom. The number of nitrogens with zero attached hydrogens (tertiary/aromatic N) is 2. The van der Waals surface area contributed by atoms with E-state index in [1.54, 1.807) is 6.08 Å². The van der Waals surface area contributed by atoms with Gasteiger partial charge in [-0.1, -0.05) is 66.7 Å². The van der Waals surface area contributed by atoms with Crippen molar-refractivity contribution < 1.29 is 9.18 Å². The predicted molar refractivity (Wildman–Crippen MR) is 162 cm³/mol. The quantitative estimate of drug-likeness (QED) is 0.206. The van der Waals surface area contributed by atoms with Gasteiger partial charge in [-0.2, -0.15) is 0 Å². The van der Waals surface area contributed by atoms with Gasteiger partial charge in [0.05, 0.1) is 5.70 Å². The van der Waals surface area contributed by atoms with E-state index in [9.17, 15) is 4.79 Å². The highest BCUT2D eigenvalue weighted by Gasteiger charge is 2.40. The molecule has 0 spiro atoms. The van der Waals surface area contributed by atoms with Crippen LogP contribution in [0.4, 0.5) is 4.39 Å². The molecule has 2 heterocycles. The smallest absolute Gasteiger partial charge is 0.267 e. The number of alkyl halides is 1. The first kappa shape index (κ1) is 32.0. The molecule has 1 aliphatic carbocycles. The minimum Gasteiger partial charge on any atom is -0.394 e. The number of hydrogen-bond acceptors (Lipinski definition) is 4. The Hall–Kier alpha value is -1.56. The number of halogens is 1. The fourth-order valence-corrected chi connectivity index (χ4v) is 7.05. The third-order valence-corrected chi connectivity index (χ3v) is 10.4. The van der Waals surface area contributed by atoms with Crippen LogP contribution in [0, 0.1) is 17.3 Å². The van der Waals surface area contributed by atoms with E-state index in [0.717, 1.165) is 51.4 Å². The average Bonchev–Trinajstić information content (AvgIpc) is 2.95. The van der Waals surface area contributed by atoms with Gasteiger partial charge in [-0.15, -0.1) is 0 Å². The van der Waals surface area contributed by atoms with Gasteiger partial charge in [0.1, 0.15) is 5.67 Å². The summed E-state index contributed by atoms with van der Waals surface area (Å²) in [7, 11) is 0. The predicted octanol–water partition coefficient (Wildman–Crippen LogP) is 6.94. The van der Waals surface area contributed by atoms with Crippen molar-refractivity contribution in [3.8, 4) is 0 Å². The third kappa shape index (κ3) is 9.23. The van der Waals surface area contributed by atoms with Gasteiger partial charge < -0.3 is 20.9 Å². The molecule has 1 amide bonds. The molecule has 2 unspecified atom stereocenters. The second-order valence-electron chi connectivity index (χ2n) is 13.3. The molecule has 3 aliphatic rings. The van der Waals surface area contributed by atoms with Gasteiger partial charge >= 0.3 is 0 Å². The lowest BCUT2D eigenvalue weighted by Gasteiger charge is -2.46. The second-order valence-corrected chi connectivity index (χ2v) is 13.3. The number of allylic oxidation sites excluding steroid dienone is 3. The Labute approximate surface area is 239 Å². The summed E-state index contributed by atoms with van der Waals surface area (Å²) < 4.78 is 16.1. The Morgan fingerprint density at radius 1 is 0.974 bits per heavy atom. The molecule has 0 bridgehead atoms. The van der Waals surface area contributed by atoms with Crippen molar-refractivity contribution in [3.05, 3.63) is 23.5 Å². The molecule has 2 aliphatic heterocycles. The molecule has 6 heteroatoms. The zero-order valence-corrected chi connectivity index (χ0v) is 25.9. The zero-order valence-electron chi connectivity index (χ0n) is 25.9. The van der Waals surface area contributed by atoms with Gasteiger partial charge in [0.25, 0.3) is 5.91 Å². The van der Waals surface area contributed by atoms with E-state index in [2.05, 4.69) is 49.7 Å². The highest BCUT2D eigenvalue weighted by atomic mass is 19.1. The molecule has 0 radical (unpaired) electrons. The monoisotopic (exact) mass is 546 g/mol. The van der Waals surface area contributed by atoms with Gasteiger partial charge in [-0.05, 0) is 81.0 Å². The lowest BCUT2D eigenvalue weighted by Crippen LogP contribution is -2.51. The molecule has 2 saturated heterocycles. The van der Waals surface area contributed by atoms with Gasteiger partial charge in [-0.25, -0.2) is 4.39 Å². The van der Waals surface area contributed by atoms with E-state index in [0.29, 0.717) is 30.7 Å². The molecule has 224 valence electrons. The van der Waals surface area contributed by atoms with Gasteiger partial charge in [0.15, 0.2) is 0 Å². The summed E-state index contributed by atoms with van der Waals surface area (Å²) in [5.41, 5.74) is 6.96. The van der Waals surface area contributed by atoms with Crippen molar-refractivity contribution in [2.24, 2.45) is 23.0 Å². The molecule has 1 saturated carbocycles. The fraction of sp³-hybridized carbons (Fsp3) is 0.848. The summed E-state index contributed by atoms with van der Waals surface area (Å²) in [6, 6.07) is 0.245. The van der Waals surface area contributed by atoms with Gasteiger partial charge in [-0.3, -0.25) is 4.79 Å². The number of piperidine rings is 2. The Kier molecular flexibility index (Phi) is 12.2. The molecular formula is C33H59FN4O. The summed E-state index contributed by atoms with van der Waals surface area (Å²) in [5.74, 6) is 0.941. The lowest BCUT2D eigenvalue weighted by atomic mass is 9.70. The molecule has 3 N–H and O–H groups in total. The van der Waals surface area contributed by atoms with Crippen LogP contribution in [0.15, 0.2) is 23.5 Å². The molecule has 39 heavy (non-hydrogen) atoms. The summed E-state index contributed by atoms with van der Waals surface area (Å²) >= 11 is 0. The second kappa shape index (κ2) is 14.9. The van der Waals surface area contributed by atoms with Crippen molar-refractivity contribution in [2.45, 2.75) is 130 Å². The van der Waals surface area contributed by atoms with E-state index >= 15 is 4.39 Å². The highest BCUT2D eigenvalue weighted by molar-refractivity contribution is 5.92. The van der Waals surface area contributed by atoms with Crippen LogP contribution in [0.25, 0.3) is 0 Å². The topological polar surface area (TPSA) is 61.6 Å². The highest BCUT2D eigenvalue weighted by Crippen LogP contribution is 2.42. The molecule has 5 nitrogen and oxygen atoms in total. The number of rotatable bonds is 12. The van der Waals surface area contributed by atoms with Crippen molar-refractivity contribution >= 4 is 5.91 Å². The van der Waals surface area contributed by atoms with Crippen LogP contribution in [-0.2, 0) is 4.79 Å². The van der Waals surface area contributed by atoms with Crippen LogP contribution in [0.3, 0.4) is 0 Å². The van der Waals surface area contributed by atoms with Crippen LogP contribution in [-0.4, -0.2) is 60.1 Å². The van der Waals surface area contributed by atoms with Crippen LogP contribution in [0.2, 0.25) is 0 Å².